The molecule has 106 valence electrons. The number of nitrogens with zero attached hydrogens (tertiary/aromatic N) is 2. The van der Waals surface area contributed by atoms with E-state index in [0.717, 1.165) is 21.6 Å². The zero-order chi connectivity index (χ0) is 14.5. The topological polar surface area (TPSA) is 35.0 Å². The van der Waals surface area contributed by atoms with Crippen molar-refractivity contribution >= 4 is 34.1 Å². The number of aromatic nitrogens is 2. The number of fused-ring (bicyclic) bond motifs is 1. The largest absolute Gasteiger partial charge is 0.491 e. The first-order valence-corrected chi connectivity index (χ1v) is 7.91. The van der Waals surface area contributed by atoms with E-state index in [0.29, 0.717) is 17.4 Å². The smallest absolute Gasteiger partial charge is 0.137 e. The molecular weight excluding hydrogens is 304 g/mol. The van der Waals surface area contributed by atoms with E-state index in [2.05, 4.69) is 16.3 Å². The summed E-state index contributed by atoms with van der Waals surface area (Å²) in [4.78, 5) is 0. The van der Waals surface area contributed by atoms with Gasteiger partial charge in [0.15, 0.2) is 0 Å². The SMILES string of the molecule is Clc1ccccc1OCCSc1nncc2ccccc12. The first kappa shape index (κ1) is 14.2. The van der Waals surface area contributed by atoms with Gasteiger partial charge in [0, 0.05) is 16.5 Å². The zero-order valence-corrected chi connectivity index (χ0v) is 12.8. The standard InChI is InChI=1S/C16H13ClN2OS/c17-14-7-3-4-8-15(14)20-9-10-21-16-13-6-2-1-5-12(13)11-18-19-16/h1-8,11H,9-10H2. The predicted molar refractivity (Wildman–Crippen MR) is 87.2 cm³/mol. The molecule has 0 saturated carbocycles. The van der Waals surface area contributed by atoms with Gasteiger partial charge in [-0.05, 0) is 12.1 Å². The van der Waals surface area contributed by atoms with E-state index in [1.165, 1.54) is 0 Å². The van der Waals surface area contributed by atoms with Gasteiger partial charge in [-0.3, -0.25) is 0 Å². The molecule has 0 aliphatic rings. The van der Waals surface area contributed by atoms with Crippen LogP contribution in [0.2, 0.25) is 5.02 Å². The highest BCUT2D eigenvalue weighted by atomic mass is 35.5. The molecule has 0 saturated heterocycles. The van der Waals surface area contributed by atoms with Crippen molar-refractivity contribution in [1.29, 1.82) is 0 Å². The Morgan fingerprint density at radius 3 is 2.76 bits per heavy atom. The van der Waals surface area contributed by atoms with Crippen LogP contribution in [0.25, 0.3) is 10.8 Å². The molecule has 0 radical (unpaired) electrons. The molecule has 0 N–H and O–H groups in total. The summed E-state index contributed by atoms with van der Waals surface area (Å²) in [6.45, 7) is 0.569. The van der Waals surface area contributed by atoms with Gasteiger partial charge < -0.3 is 4.74 Å². The average molecular weight is 317 g/mol. The summed E-state index contributed by atoms with van der Waals surface area (Å²) in [5.74, 6) is 1.50. The van der Waals surface area contributed by atoms with E-state index in [4.69, 9.17) is 16.3 Å². The van der Waals surface area contributed by atoms with E-state index in [1.54, 1.807) is 18.0 Å². The maximum atomic E-state index is 6.04. The number of benzene rings is 2. The summed E-state index contributed by atoms with van der Waals surface area (Å²) in [7, 11) is 0. The van der Waals surface area contributed by atoms with Gasteiger partial charge in [0.25, 0.3) is 0 Å². The van der Waals surface area contributed by atoms with Crippen molar-refractivity contribution in [2.75, 3.05) is 12.4 Å². The second-order valence-electron chi connectivity index (χ2n) is 4.36. The van der Waals surface area contributed by atoms with Gasteiger partial charge in [-0.25, -0.2) is 0 Å². The molecular formula is C16H13ClN2OS. The van der Waals surface area contributed by atoms with Crippen LogP contribution in [0.5, 0.6) is 5.75 Å². The zero-order valence-electron chi connectivity index (χ0n) is 11.2. The van der Waals surface area contributed by atoms with Gasteiger partial charge in [0.2, 0.25) is 0 Å². The van der Waals surface area contributed by atoms with E-state index in [1.807, 2.05) is 42.5 Å². The van der Waals surface area contributed by atoms with Gasteiger partial charge in [-0.2, -0.15) is 5.10 Å². The minimum Gasteiger partial charge on any atom is -0.491 e. The molecule has 0 aliphatic heterocycles. The molecule has 3 nitrogen and oxygen atoms in total. The molecule has 0 atom stereocenters. The molecule has 3 rings (SSSR count). The van der Waals surface area contributed by atoms with Crippen LogP contribution < -0.4 is 4.74 Å². The Morgan fingerprint density at radius 1 is 1.05 bits per heavy atom. The highest BCUT2D eigenvalue weighted by Crippen LogP contribution is 2.26. The second-order valence-corrected chi connectivity index (χ2v) is 5.86. The molecule has 0 aliphatic carbocycles. The van der Waals surface area contributed by atoms with Crippen molar-refractivity contribution < 1.29 is 4.74 Å². The fourth-order valence-electron chi connectivity index (χ4n) is 1.96. The summed E-state index contributed by atoms with van der Waals surface area (Å²) >= 11 is 7.68. The lowest BCUT2D eigenvalue weighted by atomic mass is 10.2. The van der Waals surface area contributed by atoms with Crippen molar-refractivity contribution in [3.05, 3.63) is 59.8 Å². The molecule has 0 amide bonds. The minimum absolute atomic E-state index is 0.569. The van der Waals surface area contributed by atoms with Crippen molar-refractivity contribution in [3.8, 4) is 5.75 Å². The quantitative estimate of drug-likeness (QED) is 0.514. The molecule has 21 heavy (non-hydrogen) atoms. The third kappa shape index (κ3) is 3.46. The van der Waals surface area contributed by atoms with Crippen molar-refractivity contribution in [2.45, 2.75) is 5.03 Å². The van der Waals surface area contributed by atoms with Crippen LogP contribution in [-0.2, 0) is 0 Å². The number of rotatable bonds is 5. The summed E-state index contributed by atoms with van der Waals surface area (Å²) in [6.07, 6.45) is 1.78. The van der Waals surface area contributed by atoms with Crippen LogP contribution in [0.4, 0.5) is 0 Å². The molecule has 2 aromatic carbocycles. The van der Waals surface area contributed by atoms with Crippen molar-refractivity contribution in [1.82, 2.24) is 10.2 Å². The lowest BCUT2D eigenvalue weighted by molar-refractivity contribution is 0.344. The first-order valence-electron chi connectivity index (χ1n) is 6.55. The molecule has 1 aromatic heterocycles. The fourth-order valence-corrected chi connectivity index (χ4v) is 2.96. The van der Waals surface area contributed by atoms with Gasteiger partial charge in [0.05, 0.1) is 17.8 Å². The molecule has 0 unspecified atom stereocenters. The summed E-state index contributed by atoms with van der Waals surface area (Å²) in [5.41, 5.74) is 0. The Bertz CT molecular complexity index is 746. The molecule has 1 heterocycles. The van der Waals surface area contributed by atoms with E-state index in [-0.39, 0.29) is 0 Å². The Morgan fingerprint density at radius 2 is 1.86 bits per heavy atom. The first-order chi connectivity index (χ1) is 10.3. The molecule has 5 heteroatoms. The van der Waals surface area contributed by atoms with Gasteiger partial charge in [-0.15, -0.1) is 16.9 Å². The van der Waals surface area contributed by atoms with Crippen LogP contribution in [0.3, 0.4) is 0 Å². The van der Waals surface area contributed by atoms with Crippen LogP contribution in [-0.4, -0.2) is 22.6 Å². The lowest BCUT2D eigenvalue weighted by Gasteiger charge is -2.08. The normalized spacial score (nSPS) is 10.7. The average Bonchev–Trinajstić information content (AvgIpc) is 2.53. The highest BCUT2D eigenvalue weighted by Gasteiger charge is 2.04. The van der Waals surface area contributed by atoms with Crippen molar-refractivity contribution in [2.24, 2.45) is 0 Å². The second kappa shape index (κ2) is 6.78. The third-order valence-electron chi connectivity index (χ3n) is 2.95. The van der Waals surface area contributed by atoms with E-state index < -0.39 is 0 Å². The monoisotopic (exact) mass is 316 g/mol. The molecule has 3 aromatic rings. The summed E-state index contributed by atoms with van der Waals surface area (Å²) in [6, 6.07) is 15.6. The summed E-state index contributed by atoms with van der Waals surface area (Å²) < 4.78 is 5.67. The highest BCUT2D eigenvalue weighted by molar-refractivity contribution is 7.99. The number of hydrogen-bond acceptors (Lipinski definition) is 4. The summed E-state index contributed by atoms with van der Waals surface area (Å²) in [5, 5.41) is 12.0. The Kier molecular flexibility index (Phi) is 4.58. The Balaban J connectivity index is 1.61. The Hall–Kier alpha value is -1.78. The molecule has 0 fully saturated rings. The van der Waals surface area contributed by atoms with Crippen LogP contribution in [0.1, 0.15) is 0 Å². The number of para-hydroxylation sites is 1. The fraction of sp³-hybridized carbons (Fsp3) is 0.125. The minimum atomic E-state index is 0.569. The van der Waals surface area contributed by atoms with Crippen molar-refractivity contribution in [3.63, 3.8) is 0 Å². The van der Waals surface area contributed by atoms with Crippen LogP contribution in [0.15, 0.2) is 59.8 Å². The van der Waals surface area contributed by atoms with Crippen LogP contribution in [0, 0.1) is 0 Å². The Labute approximate surface area is 132 Å². The molecule has 0 spiro atoms. The number of ether oxygens (including phenoxy) is 1. The lowest BCUT2D eigenvalue weighted by Crippen LogP contribution is -2.01. The van der Waals surface area contributed by atoms with Gasteiger partial charge in [0.1, 0.15) is 10.8 Å². The predicted octanol–water partition coefficient (Wildman–Crippen LogP) is 4.45. The third-order valence-corrected chi connectivity index (χ3v) is 4.21. The maximum Gasteiger partial charge on any atom is 0.137 e. The van der Waals surface area contributed by atoms with Crippen LogP contribution >= 0.6 is 23.4 Å². The van der Waals surface area contributed by atoms with Gasteiger partial charge in [-0.1, -0.05) is 48.0 Å². The maximum absolute atomic E-state index is 6.04. The van der Waals surface area contributed by atoms with E-state index >= 15 is 0 Å². The van der Waals surface area contributed by atoms with Gasteiger partial charge >= 0.3 is 0 Å². The number of halogens is 1. The number of thioether (sulfide) groups is 1. The molecule has 0 bridgehead atoms. The number of hydrogen-bond donors (Lipinski definition) is 0. The van der Waals surface area contributed by atoms with E-state index in [9.17, 15) is 0 Å².